The van der Waals surface area contributed by atoms with Crippen LogP contribution in [0, 0.1) is 6.92 Å². The molecule has 0 bridgehead atoms. The first-order chi connectivity index (χ1) is 16.5. The second kappa shape index (κ2) is 10.6. The van der Waals surface area contributed by atoms with Crippen molar-refractivity contribution in [2.24, 2.45) is 0 Å². The van der Waals surface area contributed by atoms with E-state index in [1.807, 2.05) is 73.3 Å². The van der Waals surface area contributed by atoms with Gasteiger partial charge in [0.15, 0.2) is 0 Å². The maximum Gasteiger partial charge on any atom is 0.247 e. The summed E-state index contributed by atoms with van der Waals surface area (Å²) >= 11 is 5.95. The quantitative estimate of drug-likeness (QED) is 0.231. The number of para-hydroxylation sites is 1. The number of carbonyl (C=O) groups excluding carboxylic acids is 1. The van der Waals surface area contributed by atoms with Gasteiger partial charge in [0.2, 0.25) is 5.91 Å². The molecule has 0 aliphatic carbocycles. The molecule has 176 valence electrons. The van der Waals surface area contributed by atoms with Crippen LogP contribution in [0.25, 0.3) is 22.7 Å². The molecule has 1 amide bonds. The number of imidazole rings is 1. The van der Waals surface area contributed by atoms with Crippen molar-refractivity contribution in [3.05, 3.63) is 83.6 Å². The number of halogens is 1. The average Bonchev–Trinajstić information content (AvgIpc) is 3.47. The summed E-state index contributed by atoms with van der Waals surface area (Å²) in [5.74, 6) is 1.09. The van der Waals surface area contributed by atoms with Crippen LogP contribution >= 0.6 is 11.6 Å². The summed E-state index contributed by atoms with van der Waals surface area (Å²) in [6.45, 7) is 3.94. The lowest BCUT2D eigenvalue weighted by molar-refractivity contribution is -0.118. The van der Waals surface area contributed by atoms with Gasteiger partial charge in [-0.3, -0.25) is 4.79 Å². The van der Waals surface area contributed by atoms with Gasteiger partial charge >= 0.3 is 0 Å². The molecule has 34 heavy (non-hydrogen) atoms. The fourth-order valence-corrected chi connectivity index (χ4v) is 4.21. The molecule has 0 spiro atoms. The van der Waals surface area contributed by atoms with Gasteiger partial charge in [0.25, 0.3) is 0 Å². The van der Waals surface area contributed by atoms with Gasteiger partial charge in [0, 0.05) is 34.7 Å². The van der Waals surface area contributed by atoms with E-state index in [-0.39, 0.29) is 11.9 Å². The van der Waals surface area contributed by atoms with E-state index in [9.17, 15) is 4.79 Å². The average molecular weight is 477 g/mol. The Hall–Kier alpha value is -3.51. The van der Waals surface area contributed by atoms with Crippen LogP contribution in [0.1, 0.15) is 42.6 Å². The molecule has 0 saturated carbocycles. The van der Waals surface area contributed by atoms with Crippen molar-refractivity contribution < 1.29 is 9.53 Å². The Balaban J connectivity index is 1.59. The molecule has 0 aliphatic heterocycles. The number of benzene rings is 2. The number of aromatic nitrogens is 3. The second-order valence-electron chi connectivity index (χ2n) is 8.30. The Morgan fingerprint density at radius 1 is 1.29 bits per heavy atom. The Kier molecular flexibility index (Phi) is 7.38. The van der Waals surface area contributed by atoms with Crippen molar-refractivity contribution in [1.82, 2.24) is 19.9 Å². The van der Waals surface area contributed by atoms with Crippen molar-refractivity contribution in [1.29, 1.82) is 0 Å². The smallest absolute Gasteiger partial charge is 0.247 e. The first-order valence-electron chi connectivity index (χ1n) is 11.3. The molecule has 0 radical (unpaired) electrons. The lowest BCUT2D eigenvalue weighted by atomic mass is 10.0. The molecule has 6 nitrogen and oxygen atoms in total. The van der Waals surface area contributed by atoms with Gasteiger partial charge in [-0.15, -0.1) is 11.6 Å². The highest BCUT2D eigenvalue weighted by atomic mass is 35.5. The van der Waals surface area contributed by atoms with Crippen LogP contribution in [0.5, 0.6) is 5.75 Å². The van der Waals surface area contributed by atoms with Crippen LogP contribution in [0.4, 0.5) is 0 Å². The third-order valence-corrected chi connectivity index (χ3v) is 6.11. The number of fused-ring (bicyclic) bond motifs is 1. The summed E-state index contributed by atoms with van der Waals surface area (Å²) in [5.41, 5.74) is 5.49. The summed E-state index contributed by atoms with van der Waals surface area (Å²) < 4.78 is 7.55. The molecule has 0 saturated heterocycles. The number of aromatic amines is 1. The van der Waals surface area contributed by atoms with Crippen molar-refractivity contribution >= 4 is 34.5 Å². The largest absolute Gasteiger partial charge is 0.495 e. The predicted octanol–water partition coefficient (Wildman–Crippen LogP) is 5.95. The molecule has 0 aliphatic rings. The van der Waals surface area contributed by atoms with Gasteiger partial charge in [0.1, 0.15) is 5.75 Å². The molecule has 1 unspecified atom stereocenters. The molecular formula is C27H29ClN4O2. The zero-order valence-electron chi connectivity index (χ0n) is 19.6. The van der Waals surface area contributed by atoms with E-state index in [1.165, 1.54) is 0 Å². The monoisotopic (exact) mass is 476 g/mol. The maximum atomic E-state index is 13.3. The van der Waals surface area contributed by atoms with Gasteiger partial charge in [-0.2, -0.15) is 0 Å². The fourth-order valence-electron chi connectivity index (χ4n) is 4.08. The van der Waals surface area contributed by atoms with Crippen molar-refractivity contribution in [2.75, 3.05) is 13.0 Å². The van der Waals surface area contributed by atoms with Crippen molar-refractivity contribution in [2.45, 2.75) is 32.7 Å². The molecule has 7 heteroatoms. The van der Waals surface area contributed by atoms with Crippen LogP contribution < -0.4 is 10.1 Å². The fraction of sp³-hybridized carbons (Fsp3) is 0.259. The lowest BCUT2D eigenvalue weighted by Gasteiger charge is -2.16. The molecular weight excluding hydrogens is 448 g/mol. The number of carbonyl (C=O) groups is 1. The van der Waals surface area contributed by atoms with Crippen LogP contribution in [-0.2, 0) is 4.79 Å². The number of alkyl halides is 1. The zero-order chi connectivity index (χ0) is 24.1. The number of aryl methyl sites for hydroxylation is 1. The summed E-state index contributed by atoms with van der Waals surface area (Å²) in [6.07, 6.45) is 8.87. The summed E-state index contributed by atoms with van der Waals surface area (Å²) in [5, 5.41) is 4.27. The molecule has 2 N–H and O–H groups in total. The number of methoxy groups -OCH3 is 1. The van der Waals surface area contributed by atoms with Crippen molar-refractivity contribution in [3.63, 3.8) is 0 Å². The number of H-pyrrole nitrogens is 1. The van der Waals surface area contributed by atoms with Crippen LogP contribution in [0.3, 0.4) is 0 Å². The number of ether oxygens (including phenoxy) is 1. The standard InChI is InChI=1S/C27H29ClN4O2/c1-18-16-32(17-30-18)25-11-10-20(14-26(25)34-3)13-21(7-6-12-28)27(33)31-19(2)23-15-29-24-9-5-4-8-22(23)24/h4-5,8-11,13-17,19,29H,6-7,12H2,1-3H3,(H,31,33). The zero-order valence-corrected chi connectivity index (χ0v) is 20.4. The molecule has 2 aromatic heterocycles. The van der Waals surface area contributed by atoms with E-state index in [2.05, 4.69) is 21.4 Å². The second-order valence-corrected chi connectivity index (χ2v) is 8.68. The highest BCUT2D eigenvalue weighted by Crippen LogP contribution is 2.27. The molecule has 1 atom stereocenters. The van der Waals surface area contributed by atoms with Crippen LogP contribution in [-0.4, -0.2) is 33.4 Å². The number of nitrogens with one attached hydrogen (secondary N) is 2. The maximum absolute atomic E-state index is 13.3. The highest BCUT2D eigenvalue weighted by Gasteiger charge is 2.17. The number of hydrogen-bond donors (Lipinski definition) is 2. The normalized spacial score (nSPS) is 12.6. The van der Waals surface area contributed by atoms with Gasteiger partial charge in [-0.1, -0.05) is 24.3 Å². The number of nitrogens with zero attached hydrogens (tertiary/aromatic N) is 2. The summed E-state index contributed by atoms with van der Waals surface area (Å²) in [6, 6.07) is 13.8. The van der Waals surface area contributed by atoms with E-state index in [4.69, 9.17) is 16.3 Å². The van der Waals surface area contributed by atoms with E-state index in [1.54, 1.807) is 13.4 Å². The first kappa shape index (κ1) is 23.6. The molecule has 2 heterocycles. The van der Waals surface area contributed by atoms with E-state index < -0.39 is 0 Å². The molecule has 4 rings (SSSR count). The third-order valence-electron chi connectivity index (χ3n) is 5.84. The predicted molar refractivity (Wildman–Crippen MR) is 138 cm³/mol. The van der Waals surface area contributed by atoms with Gasteiger partial charge in [0.05, 0.1) is 30.9 Å². The molecule has 2 aromatic carbocycles. The summed E-state index contributed by atoms with van der Waals surface area (Å²) in [4.78, 5) is 20.8. The number of rotatable bonds is 9. The Morgan fingerprint density at radius 2 is 2.12 bits per heavy atom. The number of hydrogen-bond acceptors (Lipinski definition) is 3. The highest BCUT2D eigenvalue weighted by molar-refractivity contribution is 6.17. The van der Waals surface area contributed by atoms with Crippen LogP contribution in [0.15, 0.2) is 66.8 Å². The van der Waals surface area contributed by atoms with Gasteiger partial charge < -0.3 is 19.6 Å². The van der Waals surface area contributed by atoms with E-state index in [0.29, 0.717) is 30.0 Å². The summed E-state index contributed by atoms with van der Waals surface area (Å²) in [7, 11) is 1.64. The minimum atomic E-state index is -0.149. The SMILES string of the molecule is COc1cc(C=C(CCCCl)C(=O)NC(C)c2c[nH]c3ccccc23)ccc1-n1cnc(C)c1. The lowest BCUT2D eigenvalue weighted by Crippen LogP contribution is -2.28. The van der Waals surface area contributed by atoms with E-state index >= 15 is 0 Å². The Bertz CT molecular complexity index is 1320. The molecule has 4 aromatic rings. The van der Waals surface area contributed by atoms with E-state index in [0.717, 1.165) is 33.4 Å². The Morgan fingerprint density at radius 3 is 2.85 bits per heavy atom. The third kappa shape index (κ3) is 5.18. The Labute approximate surface area is 204 Å². The minimum Gasteiger partial charge on any atom is -0.495 e. The molecule has 0 fully saturated rings. The topological polar surface area (TPSA) is 71.9 Å². The van der Waals surface area contributed by atoms with Crippen molar-refractivity contribution in [3.8, 4) is 11.4 Å². The first-order valence-corrected chi connectivity index (χ1v) is 11.9. The number of amides is 1. The van der Waals surface area contributed by atoms with Crippen LogP contribution in [0.2, 0.25) is 0 Å². The minimum absolute atomic E-state index is 0.101. The van der Waals surface area contributed by atoms with Gasteiger partial charge in [-0.05, 0) is 62.1 Å². The van der Waals surface area contributed by atoms with Gasteiger partial charge in [-0.25, -0.2) is 4.98 Å².